The second-order valence-corrected chi connectivity index (χ2v) is 6.54. The van der Waals surface area contributed by atoms with Crippen molar-refractivity contribution in [1.29, 1.82) is 0 Å². The predicted molar refractivity (Wildman–Crippen MR) is 69.6 cm³/mol. The van der Waals surface area contributed by atoms with Gasteiger partial charge in [0.2, 0.25) is 5.03 Å². The number of carbonyl (C=O) groups is 1. The number of nitrogens with zero attached hydrogens (tertiary/aromatic N) is 2. The molecule has 8 heteroatoms. The van der Waals surface area contributed by atoms with Gasteiger partial charge in [-0.3, -0.25) is 5.10 Å². The summed E-state index contributed by atoms with van der Waals surface area (Å²) in [4.78, 5) is 11.1. The number of aromatic carboxylic acids is 1. The Bertz CT molecular complexity index is 562. The van der Waals surface area contributed by atoms with Crippen molar-refractivity contribution in [3.63, 3.8) is 0 Å². The number of hydrogen-bond acceptors (Lipinski definition) is 4. The normalized spacial score (nSPS) is 12.3. The van der Waals surface area contributed by atoms with Gasteiger partial charge in [0.15, 0.2) is 0 Å². The van der Waals surface area contributed by atoms with Crippen molar-refractivity contribution in [2.45, 2.75) is 32.7 Å². The third-order valence-corrected chi connectivity index (χ3v) is 4.50. The number of sulfonamides is 1. The topological polar surface area (TPSA) is 103 Å². The summed E-state index contributed by atoms with van der Waals surface area (Å²) in [5.41, 5.74) is -0.0612. The molecule has 1 rings (SSSR count). The van der Waals surface area contributed by atoms with Gasteiger partial charge in [-0.25, -0.2) is 13.2 Å². The highest BCUT2D eigenvalue weighted by molar-refractivity contribution is 7.89. The van der Waals surface area contributed by atoms with Gasteiger partial charge in [-0.05, 0) is 12.8 Å². The molecule has 0 amide bonds. The Kier molecular flexibility index (Phi) is 4.70. The summed E-state index contributed by atoms with van der Waals surface area (Å²) >= 11 is 0. The van der Waals surface area contributed by atoms with Crippen LogP contribution in [0.4, 0.5) is 0 Å². The molecule has 1 heterocycles. The number of aromatic nitrogens is 2. The highest BCUT2D eigenvalue weighted by Crippen LogP contribution is 2.21. The summed E-state index contributed by atoms with van der Waals surface area (Å²) < 4.78 is 26.1. The monoisotopic (exact) mass is 289 g/mol. The highest BCUT2D eigenvalue weighted by atomic mass is 32.2. The van der Waals surface area contributed by atoms with Crippen molar-refractivity contribution < 1.29 is 18.3 Å². The van der Waals surface area contributed by atoms with E-state index in [0.29, 0.717) is 6.54 Å². The van der Waals surface area contributed by atoms with Crippen LogP contribution < -0.4 is 0 Å². The van der Waals surface area contributed by atoms with E-state index in [1.165, 1.54) is 11.2 Å². The molecule has 0 saturated heterocycles. The van der Waals surface area contributed by atoms with Gasteiger partial charge in [0, 0.05) is 18.8 Å². The number of nitrogens with one attached hydrogen (secondary N) is 1. The Morgan fingerprint density at radius 2 is 2.05 bits per heavy atom. The fraction of sp³-hybridized carbons (Fsp3) is 0.636. The molecule has 1 aromatic heterocycles. The zero-order chi connectivity index (χ0) is 14.8. The largest absolute Gasteiger partial charge is 0.478 e. The van der Waals surface area contributed by atoms with Crippen LogP contribution in [-0.2, 0) is 10.0 Å². The van der Waals surface area contributed by atoms with Crippen LogP contribution in [0.2, 0.25) is 0 Å². The van der Waals surface area contributed by atoms with Crippen LogP contribution in [-0.4, -0.2) is 47.1 Å². The van der Waals surface area contributed by atoms with Crippen LogP contribution in [0.15, 0.2) is 5.03 Å². The number of hydrogen-bond donors (Lipinski definition) is 2. The summed E-state index contributed by atoms with van der Waals surface area (Å²) in [5, 5.41) is 14.7. The van der Waals surface area contributed by atoms with Crippen LogP contribution in [0.25, 0.3) is 0 Å². The molecule has 0 spiro atoms. The second-order valence-electron chi connectivity index (χ2n) is 4.68. The van der Waals surface area contributed by atoms with Gasteiger partial charge >= 0.3 is 5.97 Å². The number of aromatic amines is 1. The molecule has 108 valence electrons. The molecule has 0 saturated carbocycles. The third-order valence-electron chi connectivity index (χ3n) is 2.63. The molecule has 2 N–H and O–H groups in total. The van der Waals surface area contributed by atoms with Crippen molar-refractivity contribution in [1.82, 2.24) is 14.5 Å². The van der Waals surface area contributed by atoms with E-state index < -0.39 is 21.0 Å². The maximum atomic E-state index is 12.4. The molecule has 0 aliphatic carbocycles. The predicted octanol–water partition coefficient (Wildman–Crippen LogP) is 1.08. The Balaban J connectivity index is 3.30. The van der Waals surface area contributed by atoms with Crippen molar-refractivity contribution in [2.75, 3.05) is 13.1 Å². The molecule has 0 aliphatic rings. The minimum absolute atomic E-state index is 0.142. The first-order chi connectivity index (χ1) is 8.71. The highest BCUT2D eigenvalue weighted by Gasteiger charge is 2.32. The lowest BCUT2D eigenvalue weighted by Gasteiger charge is -2.21. The van der Waals surface area contributed by atoms with Crippen LogP contribution in [0.1, 0.15) is 36.8 Å². The Hall–Kier alpha value is -1.41. The van der Waals surface area contributed by atoms with Crippen molar-refractivity contribution in [3.8, 4) is 0 Å². The van der Waals surface area contributed by atoms with Gasteiger partial charge in [0.05, 0.1) is 0 Å². The molecular formula is C11H19N3O4S. The summed E-state index contributed by atoms with van der Waals surface area (Å²) in [6, 6.07) is 0. The fourth-order valence-corrected chi connectivity index (χ4v) is 3.51. The van der Waals surface area contributed by atoms with E-state index in [9.17, 15) is 13.2 Å². The third kappa shape index (κ3) is 3.13. The van der Waals surface area contributed by atoms with Crippen molar-refractivity contribution in [2.24, 2.45) is 5.92 Å². The minimum Gasteiger partial charge on any atom is -0.478 e. The van der Waals surface area contributed by atoms with E-state index in [1.54, 1.807) is 6.92 Å². The second kappa shape index (κ2) is 5.70. The van der Waals surface area contributed by atoms with Gasteiger partial charge in [-0.2, -0.15) is 9.40 Å². The number of carboxylic acids is 1. The molecule has 0 bridgehead atoms. The first-order valence-corrected chi connectivity index (χ1v) is 7.44. The molecular weight excluding hydrogens is 270 g/mol. The van der Waals surface area contributed by atoms with E-state index in [4.69, 9.17) is 5.11 Å². The van der Waals surface area contributed by atoms with Crippen LogP contribution >= 0.6 is 0 Å². The SMILES string of the molecule is CCN(CC(C)C)S(=O)(=O)c1n[nH]c(C)c1C(=O)O. The smallest absolute Gasteiger partial charge is 0.340 e. The van der Waals surface area contributed by atoms with Crippen LogP contribution in [0, 0.1) is 12.8 Å². The van der Waals surface area contributed by atoms with Crippen molar-refractivity contribution >= 4 is 16.0 Å². The summed E-state index contributed by atoms with van der Waals surface area (Å²) in [6.45, 7) is 7.57. The molecule has 0 fully saturated rings. The molecule has 19 heavy (non-hydrogen) atoms. The fourth-order valence-electron chi connectivity index (χ4n) is 1.77. The number of rotatable bonds is 6. The zero-order valence-corrected chi connectivity index (χ0v) is 12.3. The average Bonchev–Trinajstić information content (AvgIpc) is 2.68. The maximum absolute atomic E-state index is 12.4. The van der Waals surface area contributed by atoms with Gasteiger partial charge in [-0.1, -0.05) is 20.8 Å². The molecule has 7 nitrogen and oxygen atoms in total. The molecule has 0 radical (unpaired) electrons. The lowest BCUT2D eigenvalue weighted by Crippen LogP contribution is -2.35. The Morgan fingerprint density at radius 1 is 1.47 bits per heavy atom. The summed E-state index contributed by atoms with van der Waals surface area (Å²) in [7, 11) is -3.89. The van der Waals surface area contributed by atoms with Gasteiger partial charge in [0.1, 0.15) is 5.56 Å². The van der Waals surface area contributed by atoms with E-state index in [1.807, 2.05) is 13.8 Å². The lowest BCUT2D eigenvalue weighted by molar-refractivity contribution is 0.0691. The maximum Gasteiger partial charge on any atom is 0.340 e. The van der Waals surface area contributed by atoms with E-state index in [0.717, 1.165) is 0 Å². The molecule has 0 atom stereocenters. The van der Waals surface area contributed by atoms with Gasteiger partial charge < -0.3 is 5.11 Å². The average molecular weight is 289 g/mol. The van der Waals surface area contributed by atoms with Gasteiger partial charge in [-0.15, -0.1) is 0 Å². The summed E-state index contributed by atoms with van der Waals surface area (Å²) in [5.74, 6) is -1.16. The minimum atomic E-state index is -3.89. The first kappa shape index (κ1) is 15.6. The van der Waals surface area contributed by atoms with E-state index >= 15 is 0 Å². The lowest BCUT2D eigenvalue weighted by atomic mass is 10.2. The van der Waals surface area contributed by atoms with Crippen LogP contribution in [0.3, 0.4) is 0 Å². The zero-order valence-electron chi connectivity index (χ0n) is 11.5. The Morgan fingerprint density at radius 3 is 2.47 bits per heavy atom. The number of carboxylic acid groups (broad SMARTS) is 1. The molecule has 0 unspecified atom stereocenters. The van der Waals surface area contributed by atoms with E-state index in [-0.39, 0.29) is 23.7 Å². The van der Waals surface area contributed by atoms with Crippen molar-refractivity contribution in [3.05, 3.63) is 11.3 Å². The first-order valence-electron chi connectivity index (χ1n) is 6.00. The van der Waals surface area contributed by atoms with Crippen LogP contribution in [0.5, 0.6) is 0 Å². The standard InChI is InChI=1S/C11H19N3O4S/c1-5-14(6-7(2)3)19(17,18)10-9(11(15)16)8(4)12-13-10/h7H,5-6H2,1-4H3,(H,12,13)(H,15,16). The molecule has 1 aromatic rings. The summed E-state index contributed by atoms with van der Waals surface area (Å²) in [6.07, 6.45) is 0. The number of H-pyrrole nitrogens is 1. The Labute approximate surface area is 112 Å². The quantitative estimate of drug-likeness (QED) is 0.815. The molecule has 0 aliphatic heterocycles. The molecule has 0 aromatic carbocycles. The number of aryl methyl sites for hydroxylation is 1. The van der Waals surface area contributed by atoms with E-state index in [2.05, 4.69) is 10.2 Å². The van der Waals surface area contributed by atoms with Gasteiger partial charge in [0.25, 0.3) is 10.0 Å².